The summed E-state index contributed by atoms with van der Waals surface area (Å²) < 4.78 is 26.2. The third kappa shape index (κ3) is 2.88. The molecule has 3 heteroatoms. The number of benzene rings is 2. The first-order valence-corrected chi connectivity index (χ1v) is 5.39. The first-order valence-electron chi connectivity index (χ1n) is 5.39. The Bertz CT molecular complexity index is 603. The summed E-state index contributed by atoms with van der Waals surface area (Å²) in [5.41, 5.74) is 0.560. The number of hydrogen-bond acceptors (Lipinski definition) is 1. The maximum Gasteiger partial charge on any atom is 0.185 e. The van der Waals surface area contributed by atoms with Crippen molar-refractivity contribution in [1.82, 2.24) is 0 Å². The Labute approximate surface area is 103 Å². The van der Waals surface area contributed by atoms with Crippen LogP contribution in [-0.2, 0) is 0 Å². The summed E-state index contributed by atoms with van der Waals surface area (Å²) >= 11 is 0. The fourth-order valence-corrected chi connectivity index (χ4v) is 1.51. The summed E-state index contributed by atoms with van der Waals surface area (Å²) in [4.78, 5) is 11.7. The van der Waals surface area contributed by atoms with Crippen LogP contribution >= 0.6 is 0 Å². The lowest BCUT2D eigenvalue weighted by molar-refractivity contribution is 0.104. The number of allylic oxidation sites excluding steroid dienone is 1. The SMILES string of the molecule is O=C(C=Cc1ccccc1F)c1cccc(F)c1. The van der Waals surface area contributed by atoms with E-state index >= 15 is 0 Å². The van der Waals surface area contributed by atoms with Crippen LogP contribution in [0.1, 0.15) is 15.9 Å². The largest absolute Gasteiger partial charge is 0.289 e. The zero-order chi connectivity index (χ0) is 13.0. The van der Waals surface area contributed by atoms with Crippen molar-refractivity contribution in [3.05, 3.63) is 77.4 Å². The van der Waals surface area contributed by atoms with Crippen molar-refractivity contribution in [3.8, 4) is 0 Å². The van der Waals surface area contributed by atoms with E-state index in [0.717, 1.165) is 6.07 Å². The Morgan fingerprint density at radius 2 is 1.78 bits per heavy atom. The van der Waals surface area contributed by atoms with Gasteiger partial charge in [0, 0.05) is 11.1 Å². The van der Waals surface area contributed by atoms with E-state index in [1.54, 1.807) is 18.2 Å². The Balaban J connectivity index is 2.20. The first kappa shape index (κ1) is 12.2. The van der Waals surface area contributed by atoms with E-state index in [4.69, 9.17) is 0 Å². The van der Waals surface area contributed by atoms with Crippen molar-refractivity contribution in [2.75, 3.05) is 0 Å². The molecule has 0 saturated carbocycles. The summed E-state index contributed by atoms with van der Waals surface area (Å²) in [5.74, 6) is -1.24. The van der Waals surface area contributed by atoms with Crippen LogP contribution in [0.5, 0.6) is 0 Å². The monoisotopic (exact) mass is 244 g/mol. The maximum atomic E-state index is 13.3. The van der Waals surface area contributed by atoms with Crippen molar-refractivity contribution in [1.29, 1.82) is 0 Å². The van der Waals surface area contributed by atoms with Gasteiger partial charge in [-0.2, -0.15) is 0 Å². The highest BCUT2D eigenvalue weighted by Gasteiger charge is 2.03. The molecule has 0 radical (unpaired) electrons. The van der Waals surface area contributed by atoms with E-state index < -0.39 is 11.6 Å². The second-order valence-corrected chi connectivity index (χ2v) is 3.73. The van der Waals surface area contributed by atoms with Gasteiger partial charge < -0.3 is 0 Å². The highest BCUT2D eigenvalue weighted by Crippen LogP contribution is 2.10. The lowest BCUT2D eigenvalue weighted by Gasteiger charge is -1.97. The molecule has 0 bridgehead atoms. The summed E-state index contributed by atoms with van der Waals surface area (Å²) in [6.45, 7) is 0. The number of carbonyl (C=O) groups is 1. The summed E-state index contributed by atoms with van der Waals surface area (Å²) in [6, 6.07) is 11.5. The van der Waals surface area contributed by atoms with Gasteiger partial charge in [0.25, 0.3) is 0 Å². The highest BCUT2D eigenvalue weighted by molar-refractivity contribution is 6.06. The maximum absolute atomic E-state index is 13.3. The fraction of sp³-hybridized carbons (Fsp3) is 0. The Kier molecular flexibility index (Phi) is 3.63. The molecule has 0 saturated heterocycles. The van der Waals surface area contributed by atoms with Crippen LogP contribution < -0.4 is 0 Å². The zero-order valence-corrected chi connectivity index (χ0v) is 9.44. The number of carbonyl (C=O) groups excluding carboxylic acids is 1. The van der Waals surface area contributed by atoms with E-state index in [2.05, 4.69) is 0 Å². The lowest BCUT2D eigenvalue weighted by atomic mass is 10.1. The van der Waals surface area contributed by atoms with Crippen molar-refractivity contribution in [3.63, 3.8) is 0 Å². The minimum absolute atomic E-state index is 0.239. The van der Waals surface area contributed by atoms with Crippen molar-refractivity contribution in [2.45, 2.75) is 0 Å². The first-order chi connectivity index (χ1) is 8.66. The van der Waals surface area contributed by atoms with Gasteiger partial charge in [-0.15, -0.1) is 0 Å². The average Bonchev–Trinajstić information content (AvgIpc) is 2.37. The minimum atomic E-state index is -0.472. The molecule has 0 aromatic heterocycles. The summed E-state index contributed by atoms with van der Waals surface area (Å²) in [5, 5.41) is 0. The van der Waals surface area contributed by atoms with Gasteiger partial charge in [0.15, 0.2) is 5.78 Å². The number of halogens is 2. The van der Waals surface area contributed by atoms with Crippen LogP contribution in [0.15, 0.2) is 54.6 Å². The van der Waals surface area contributed by atoms with Crippen molar-refractivity contribution >= 4 is 11.9 Å². The molecule has 0 aliphatic heterocycles. The van der Waals surface area contributed by atoms with Gasteiger partial charge >= 0.3 is 0 Å². The number of rotatable bonds is 3. The third-order valence-corrected chi connectivity index (χ3v) is 2.43. The predicted octanol–water partition coefficient (Wildman–Crippen LogP) is 3.86. The topological polar surface area (TPSA) is 17.1 Å². The molecule has 0 N–H and O–H groups in total. The van der Waals surface area contributed by atoms with Crippen molar-refractivity contribution < 1.29 is 13.6 Å². The summed E-state index contributed by atoms with van der Waals surface area (Å²) in [7, 11) is 0. The molecule has 0 unspecified atom stereocenters. The average molecular weight is 244 g/mol. The molecule has 2 aromatic carbocycles. The number of ketones is 1. The Hall–Kier alpha value is -2.29. The normalized spacial score (nSPS) is 10.8. The Morgan fingerprint density at radius 1 is 1.00 bits per heavy atom. The second-order valence-electron chi connectivity index (χ2n) is 3.73. The molecule has 2 rings (SSSR count). The molecule has 1 nitrogen and oxygen atoms in total. The molecule has 18 heavy (non-hydrogen) atoms. The smallest absolute Gasteiger partial charge is 0.185 e. The predicted molar refractivity (Wildman–Crippen MR) is 66.2 cm³/mol. The van der Waals surface area contributed by atoms with Gasteiger partial charge in [-0.1, -0.05) is 30.3 Å². The second kappa shape index (κ2) is 5.36. The van der Waals surface area contributed by atoms with E-state index in [9.17, 15) is 13.6 Å². The fourth-order valence-electron chi connectivity index (χ4n) is 1.51. The summed E-state index contributed by atoms with van der Waals surface area (Å²) in [6.07, 6.45) is 2.61. The zero-order valence-electron chi connectivity index (χ0n) is 9.44. The molecule has 0 atom stereocenters. The van der Waals surface area contributed by atoms with Crippen molar-refractivity contribution in [2.24, 2.45) is 0 Å². The van der Waals surface area contributed by atoms with Gasteiger partial charge in [-0.25, -0.2) is 8.78 Å². The van der Waals surface area contributed by atoms with Gasteiger partial charge in [0.2, 0.25) is 0 Å². The molecule has 0 aliphatic rings. The molecule has 2 aromatic rings. The highest BCUT2D eigenvalue weighted by atomic mass is 19.1. The standard InChI is InChI=1S/C15H10F2O/c16-13-6-3-5-12(10-13)15(18)9-8-11-4-1-2-7-14(11)17/h1-10H. The van der Waals surface area contributed by atoms with Crippen LogP contribution in [0.2, 0.25) is 0 Å². The van der Waals surface area contributed by atoms with E-state index in [0.29, 0.717) is 5.56 Å². The lowest BCUT2D eigenvalue weighted by Crippen LogP contribution is -1.94. The van der Waals surface area contributed by atoms with Gasteiger partial charge in [-0.3, -0.25) is 4.79 Å². The van der Waals surface area contributed by atoms with Crippen LogP contribution in [0.4, 0.5) is 8.78 Å². The molecular formula is C15H10F2O. The third-order valence-electron chi connectivity index (χ3n) is 2.43. The molecule has 0 aliphatic carbocycles. The van der Waals surface area contributed by atoms with Gasteiger partial charge in [0.1, 0.15) is 11.6 Å². The molecule has 0 heterocycles. The quantitative estimate of drug-likeness (QED) is 0.592. The van der Waals surface area contributed by atoms with Gasteiger partial charge in [0.05, 0.1) is 0 Å². The van der Waals surface area contributed by atoms with Crippen LogP contribution in [0, 0.1) is 11.6 Å². The Morgan fingerprint density at radius 3 is 2.50 bits per heavy atom. The molecule has 0 amide bonds. The van der Waals surface area contributed by atoms with Gasteiger partial charge in [-0.05, 0) is 30.4 Å². The number of hydrogen-bond donors (Lipinski definition) is 0. The van der Waals surface area contributed by atoms with Crippen LogP contribution in [0.3, 0.4) is 0 Å². The molecule has 90 valence electrons. The minimum Gasteiger partial charge on any atom is -0.289 e. The van der Waals surface area contributed by atoms with Crippen LogP contribution in [0.25, 0.3) is 6.08 Å². The molecule has 0 fully saturated rings. The van der Waals surface area contributed by atoms with E-state index in [-0.39, 0.29) is 11.3 Å². The molecular weight excluding hydrogens is 234 g/mol. The molecule has 0 spiro atoms. The van der Waals surface area contributed by atoms with E-state index in [1.165, 1.54) is 36.4 Å². The van der Waals surface area contributed by atoms with Crippen LogP contribution in [-0.4, -0.2) is 5.78 Å². The van der Waals surface area contributed by atoms with E-state index in [1.807, 2.05) is 0 Å².